The van der Waals surface area contributed by atoms with Crippen LogP contribution >= 0.6 is 15.9 Å². The Kier molecular flexibility index (Phi) is 3.63. The van der Waals surface area contributed by atoms with E-state index >= 15 is 0 Å². The molecule has 6 heteroatoms. The first-order valence-corrected chi connectivity index (χ1v) is 5.74. The molecule has 1 heterocycles. The van der Waals surface area contributed by atoms with Crippen molar-refractivity contribution in [2.45, 2.75) is 13.5 Å². The van der Waals surface area contributed by atoms with E-state index in [-0.39, 0.29) is 6.61 Å². The lowest BCUT2D eigenvalue weighted by Crippen LogP contribution is -1.98. The van der Waals surface area contributed by atoms with Crippen molar-refractivity contribution >= 4 is 15.9 Å². The molecule has 17 heavy (non-hydrogen) atoms. The molecule has 0 unspecified atom stereocenters. The summed E-state index contributed by atoms with van der Waals surface area (Å²) in [5, 5.41) is 3.74. The van der Waals surface area contributed by atoms with Crippen LogP contribution in [0.3, 0.4) is 0 Å². The lowest BCUT2D eigenvalue weighted by Gasteiger charge is -2.07. The highest BCUT2D eigenvalue weighted by atomic mass is 79.9. The number of hydrogen-bond donors (Lipinski definition) is 0. The van der Waals surface area contributed by atoms with Crippen molar-refractivity contribution in [3.8, 4) is 11.5 Å². The van der Waals surface area contributed by atoms with Crippen molar-refractivity contribution in [3.63, 3.8) is 0 Å². The molecule has 0 spiro atoms. The Morgan fingerprint density at radius 3 is 2.82 bits per heavy atom. The van der Waals surface area contributed by atoms with E-state index in [1.54, 1.807) is 14.0 Å². The van der Waals surface area contributed by atoms with Crippen molar-refractivity contribution in [2.75, 3.05) is 7.11 Å². The zero-order valence-corrected chi connectivity index (χ0v) is 11.0. The van der Waals surface area contributed by atoms with Gasteiger partial charge in [-0.2, -0.15) is 4.98 Å². The number of benzene rings is 1. The van der Waals surface area contributed by atoms with Crippen LogP contribution in [0.4, 0.5) is 0 Å². The Labute approximate surface area is 107 Å². The van der Waals surface area contributed by atoms with Crippen LogP contribution in [0.1, 0.15) is 11.7 Å². The van der Waals surface area contributed by atoms with Crippen LogP contribution in [-0.4, -0.2) is 17.3 Å². The fourth-order valence-corrected chi connectivity index (χ4v) is 1.74. The van der Waals surface area contributed by atoms with Crippen LogP contribution in [0.25, 0.3) is 0 Å². The number of aromatic nitrogens is 2. The number of methoxy groups -OCH3 is 1. The van der Waals surface area contributed by atoms with E-state index in [9.17, 15) is 0 Å². The fraction of sp³-hybridized carbons (Fsp3) is 0.273. The third-order valence-corrected chi connectivity index (χ3v) is 2.69. The van der Waals surface area contributed by atoms with Gasteiger partial charge in [0.05, 0.1) is 11.6 Å². The molecule has 90 valence electrons. The van der Waals surface area contributed by atoms with Crippen LogP contribution in [0.5, 0.6) is 11.5 Å². The van der Waals surface area contributed by atoms with Gasteiger partial charge in [0.15, 0.2) is 6.61 Å². The molecule has 1 aromatic heterocycles. The summed E-state index contributed by atoms with van der Waals surface area (Å²) in [5.74, 6) is 2.51. The molecule has 0 amide bonds. The van der Waals surface area contributed by atoms with E-state index in [0.717, 1.165) is 10.2 Å². The maximum absolute atomic E-state index is 5.55. The van der Waals surface area contributed by atoms with Gasteiger partial charge < -0.3 is 14.0 Å². The summed E-state index contributed by atoms with van der Waals surface area (Å²) in [5.41, 5.74) is 0. The summed E-state index contributed by atoms with van der Waals surface area (Å²) in [7, 11) is 1.62. The zero-order valence-electron chi connectivity index (χ0n) is 9.44. The largest absolute Gasteiger partial charge is 0.497 e. The number of nitrogens with zero attached hydrogens (tertiary/aromatic N) is 2. The van der Waals surface area contributed by atoms with Gasteiger partial charge in [-0.15, -0.1) is 0 Å². The maximum Gasteiger partial charge on any atom is 0.223 e. The van der Waals surface area contributed by atoms with E-state index in [1.807, 2.05) is 18.2 Å². The number of hydrogen-bond acceptors (Lipinski definition) is 5. The van der Waals surface area contributed by atoms with E-state index in [2.05, 4.69) is 26.1 Å². The molecule has 0 N–H and O–H groups in total. The summed E-state index contributed by atoms with van der Waals surface area (Å²) < 4.78 is 16.3. The number of aryl methyl sites for hydroxylation is 1. The molecule has 0 aliphatic carbocycles. The second-order valence-electron chi connectivity index (χ2n) is 3.31. The molecule has 0 saturated heterocycles. The molecule has 2 rings (SSSR count). The smallest absolute Gasteiger partial charge is 0.223 e. The summed E-state index contributed by atoms with van der Waals surface area (Å²) >= 11 is 3.40. The summed E-state index contributed by atoms with van der Waals surface area (Å²) in [6.45, 7) is 2.00. The molecule has 1 aromatic carbocycles. The molecule has 0 fully saturated rings. The van der Waals surface area contributed by atoms with Gasteiger partial charge in [-0.05, 0) is 34.1 Å². The number of halogens is 1. The normalized spacial score (nSPS) is 10.3. The zero-order chi connectivity index (χ0) is 12.3. The lowest BCUT2D eigenvalue weighted by atomic mass is 10.3. The Morgan fingerprint density at radius 1 is 1.41 bits per heavy atom. The topological polar surface area (TPSA) is 57.4 Å². The Morgan fingerprint density at radius 2 is 2.24 bits per heavy atom. The third kappa shape index (κ3) is 2.97. The third-order valence-electron chi connectivity index (χ3n) is 2.07. The van der Waals surface area contributed by atoms with Crippen LogP contribution < -0.4 is 9.47 Å². The first kappa shape index (κ1) is 11.9. The summed E-state index contributed by atoms with van der Waals surface area (Å²) in [6.07, 6.45) is 0. The minimum absolute atomic E-state index is 0.266. The second-order valence-corrected chi connectivity index (χ2v) is 4.17. The van der Waals surface area contributed by atoms with Crippen molar-refractivity contribution in [1.29, 1.82) is 0 Å². The van der Waals surface area contributed by atoms with Gasteiger partial charge in [0.2, 0.25) is 11.7 Å². The number of ether oxygens (including phenoxy) is 2. The van der Waals surface area contributed by atoms with Crippen molar-refractivity contribution in [3.05, 3.63) is 34.4 Å². The van der Waals surface area contributed by atoms with Gasteiger partial charge in [0, 0.05) is 6.92 Å². The molecule has 0 bridgehead atoms. The van der Waals surface area contributed by atoms with Gasteiger partial charge in [0.25, 0.3) is 0 Å². The average molecular weight is 299 g/mol. The molecular formula is C11H11BrN2O3. The minimum Gasteiger partial charge on any atom is -0.497 e. The first-order valence-electron chi connectivity index (χ1n) is 4.94. The Hall–Kier alpha value is -1.56. The van der Waals surface area contributed by atoms with E-state index in [1.165, 1.54) is 0 Å². The lowest BCUT2D eigenvalue weighted by molar-refractivity contribution is 0.283. The van der Waals surface area contributed by atoms with Crippen LogP contribution in [0, 0.1) is 6.92 Å². The highest BCUT2D eigenvalue weighted by molar-refractivity contribution is 9.10. The highest BCUT2D eigenvalue weighted by Crippen LogP contribution is 2.29. The molecular weight excluding hydrogens is 288 g/mol. The molecule has 5 nitrogen and oxygen atoms in total. The molecule has 0 aliphatic rings. The average Bonchev–Trinajstić information content (AvgIpc) is 2.73. The molecule has 0 aliphatic heterocycles. The van der Waals surface area contributed by atoms with E-state index in [4.69, 9.17) is 14.0 Å². The van der Waals surface area contributed by atoms with Gasteiger partial charge in [0.1, 0.15) is 11.5 Å². The minimum atomic E-state index is 0.266. The van der Waals surface area contributed by atoms with Crippen molar-refractivity contribution in [1.82, 2.24) is 10.1 Å². The maximum atomic E-state index is 5.55. The van der Waals surface area contributed by atoms with E-state index < -0.39 is 0 Å². The highest BCUT2D eigenvalue weighted by Gasteiger charge is 2.06. The van der Waals surface area contributed by atoms with Crippen LogP contribution in [0.2, 0.25) is 0 Å². The molecule has 2 aromatic rings. The fourth-order valence-electron chi connectivity index (χ4n) is 1.27. The van der Waals surface area contributed by atoms with Crippen molar-refractivity contribution < 1.29 is 14.0 Å². The quantitative estimate of drug-likeness (QED) is 0.869. The Bertz CT molecular complexity index is 513. The molecule has 0 saturated carbocycles. The monoisotopic (exact) mass is 298 g/mol. The molecule has 0 radical (unpaired) electrons. The number of rotatable bonds is 4. The van der Waals surface area contributed by atoms with Gasteiger partial charge in [-0.25, -0.2) is 0 Å². The van der Waals surface area contributed by atoms with Gasteiger partial charge >= 0.3 is 0 Å². The summed E-state index contributed by atoms with van der Waals surface area (Å²) in [6, 6.07) is 5.47. The standard InChI is InChI=1S/C11H11BrN2O3/c1-7-13-11(14-17-7)6-16-10-4-3-8(15-2)5-9(10)12/h3-5H,6H2,1-2H3. The van der Waals surface area contributed by atoms with Crippen LogP contribution in [0.15, 0.2) is 27.2 Å². The summed E-state index contributed by atoms with van der Waals surface area (Å²) in [4.78, 5) is 4.05. The van der Waals surface area contributed by atoms with Gasteiger partial charge in [-0.3, -0.25) is 0 Å². The SMILES string of the molecule is COc1ccc(OCc2noc(C)n2)c(Br)c1. The predicted octanol–water partition coefficient (Wildman–Crippen LogP) is 2.73. The Balaban J connectivity index is 2.04. The van der Waals surface area contributed by atoms with Crippen LogP contribution in [-0.2, 0) is 6.61 Å². The van der Waals surface area contributed by atoms with E-state index in [0.29, 0.717) is 17.5 Å². The molecule has 0 atom stereocenters. The first-order chi connectivity index (χ1) is 8.19. The second kappa shape index (κ2) is 5.18. The predicted molar refractivity (Wildman–Crippen MR) is 64.1 cm³/mol. The van der Waals surface area contributed by atoms with Gasteiger partial charge in [-0.1, -0.05) is 5.16 Å². The van der Waals surface area contributed by atoms with Crippen molar-refractivity contribution in [2.24, 2.45) is 0 Å².